The molecule has 3 fully saturated rings. The number of hydrogen-bond donors (Lipinski definition) is 0. The molecule has 0 saturated heterocycles. The molecule has 7 atom stereocenters. The first kappa shape index (κ1) is 18.3. The standard InChI is InChI=1S/C23H34O3/c1-14(24)19-7-8-20-18-6-5-16-13-17(26-15(2)25)9-11-22(16,3)21(18)10-12-23(19,20)4/h5,17-21H,6-13H2,1-4H3/t17-,18+,19+,20+,21+,22-,23+/m0/s1. The average Bonchev–Trinajstić information content (AvgIpc) is 2.92. The van der Waals surface area contributed by atoms with Gasteiger partial charge in [-0.2, -0.15) is 0 Å². The first-order valence-corrected chi connectivity index (χ1v) is 10.6. The number of hydrogen-bond acceptors (Lipinski definition) is 3. The summed E-state index contributed by atoms with van der Waals surface area (Å²) < 4.78 is 5.53. The Labute approximate surface area is 157 Å². The van der Waals surface area contributed by atoms with Crippen LogP contribution >= 0.6 is 0 Å². The Kier molecular flexibility index (Phi) is 4.36. The van der Waals surface area contributed by atoms with Crippen molar-refractivity contribution in [3.63, 3.8) is 0 Å². The summed E-state index contributed by atoms with van der Waals surface area (Å²) in [6, 6.07) is 0. The Morgan fingerprint density at radius 2 is 1.81 bits per heavy atom. The van der Waals surface area contributed by atoms with Crippen molar-refractivity contribution in [1.82, 2.24) is 0 Å². The number of carbonyl (C=O) groups excluding carboxylic acids is 2. The van der Waals surface area contributed by atoms with E-state index in [9.17, 15) is 9.59 Å². The van der Waals surface area contributed by atoms with Gasteiger partial charge in [-0.05, 0) is 80.5 Å². The van der Waals surface area contributed by atoms with Crippen molar-refractivity contribution < 1.29 is 14.3 Å². The van der Waals surface area contributed by atoms with Crippen LogP contribution in [0.5, 0.6) is 0 Å². The predicted molar refractivity (Wildman–Crippen MR) is 101 cm³/mol. The number of carbonyl (C=O) groups is 2. The first-order chi connectivity index (χ1) is 12.3. The quantitative estimate of drug-likeness (QED) is 0.510. The van der Waals surface area contributed by atoms with E-state index >= 15 is 0 Å². The third-order valence-corrected chi connectivity index (χ3v) is 8.88. The maximum atomic E-state index is 12.2. The van der Waals surface area contributed by atoms with E-state index in [1.54, 1.807) is 12.5 Å². The summed E-state index contributed by atoms with van der Waals surface area (Å²) in [6.07, 6.45) is 11.6. The molecule has 4 rings (SSSR count). The highest BCUT2D eigenvalue weighted by Crippen LogP contribution is 2.66. The van der Waals surface area contributed by atoms with Gasteiger partial charge in [-0.15, -0.1) is 0 Å². The maximum absolute atomic E-state index is 12.2. The smallest absolute Gasteiger partial charge is 0.302 e. The molecular formula is C23H34O3. The largest absolute Gasteiger partial charge is 0.462 e. The van der Waals surface area contributed by atoms with Crippen LogP contribution in [0.25, 0.3) is 0 Å². The predicted octanol–water partition coefficient (Wildman–Crippen LogP) is 5.09. The molecular weight excluding hydrogens is 324 g/mol. The molecule has 0 radical (unpaired) electrons. The first-order valence-electron chi connectivity index (χ1n) is 10.6. The van der Waals surface area contributed by atoms with Crippen molar-refractivity contribution >= 4 is 11.8 Å². The second kappa shape index (κ2) is 6.21. The fourth-order valence-electron chi connectivity index (χ4n) is 7.63. The summed E-state index contributed by atoms with van der Waals surface area (Å²) in [5.41, 5.74) is 2.04. The number of esters is 1. The number of ether oxygens (including phenoxy) is 1. The van der Waals surface area contributed by atoms with E-state index < -0.39 is 0 Å². The van der Waals surface area contributed by atoms with E-state index in [1.807, 2.05) is 0 Å². The van der Waals surface area contributed by atoms with Gasteiger partial charge in [0, 0.05) is 19.3 Å². The van der Waals surface area contributed by atoms with Crippen LogP contribution in [-0.4, -0.2) is 17.9 Å². The van der Waals surface area contributed by atoms with Crippen molar-refractivity contribution in [1.29, 1.82) is 0 Å². The molecule has 144 valence electrons. The molecule has 0 heterocycles. The van der Waals surface area contributed by atoms with E-state index in [4.69, 9.17) is 4.74 Å². The number of allylic oxidation sites excluding steroid dienone is 1. The Hall–Kier alpha value is -1.12. The fraction of sp³-hybridized carbons (Fsp3) is 0.826. The lowest BCUT2D eigenvalue weighted by Crippen LogP contribution is -2.51. The van der Waals surface area contributed by atoms with E-state index in [2.05, 4.69) is 19.9 Å². The van der Waals surface area contributed by atoms with Crippen LogP contribution in [0, 0.1) is 34.5 Å². The number of fused-ring (bicyclic) bond motifs is 5. The van der Waals surface area contributed by atoms with Crippen LogP contribution in [0.3, 0.4) is 0 Å². The molecule has 3 saturated carbocycles. The van der Waals surface area contributed by atoms with Gasteiger partial charge in [0.2, 0.25) is 0 Å². The Morgan fingerprint density at radius 3 is 2.50 bits per heavy atom. The number of Topliss-reactive ketones (excluding diaryl/α,β-unsaturated/α-hetero) is 1. The third-order valence-electron chi connectivity index (χ3n) is 8.88. The lowest BCUT2D eigenvalue weighted by molar-refractivity contribution is -0.149. The summed E-state index contributed by atoms with van der Waals surface area (Å²) in [5.74, 6) is 2.72. The maximum Gasteiger partial charge on any atom is 0.302 e. The summed E-state index contributed by atoms with van der Waals surface area (Å²) in [4.78, 5) is 23.6. The van der Waals surface area contributed by atoms with Gasteiger partial charge in [0.25, 0.3) is 0 Å². The Balaban J connectivity index is 1.59. The SMILES string of the molecule is CC(=O)O[C@H]1CC[C@@]2(C)C(=CC[C@@H]3[C@H]4CC[C@H](C(C)=O)[C@@]4(C)CC[C@H]32)C1. The van der Waals surface area contributed by atoms with E-state index in [0.29, 0.717) is 11.7 Å². The van der Waals surface area contributed by atoms with E-state index in [1.165, 1.54) is 26.2 Å². The topological polar surface area (TPSA) is 43.4 Å². The average molecular weight is 359 g/mol. The highest BCUT2D eigenvalue weighted by atomic mass is 16.5. The van der Waals surface area contributed by atoms with Crippen LogP contribution in [0.1, 0.15) is 79.1 Å². The summed E-state index contributed by atoms with van der Waals surface area (Å²) in [7, 11) is 0. The van der Waals surface area contributed by atoms with Crippen LogP contribution < -0.4 is 0 Å². The minimum absolute atomic E-state index is 0.0748. The van der Waals surface area contributed by atoms with Gasteiger partial charge >= 0.3 is 5.97 Å². The van der Waals surface area contributed by atoms with Crippen molar-refractivity contribution in [2.45, 2.75) is 85.2 Å². The molecule has 0 bridgehead atoms. The highest BCUT2D eigenvalue weighted by molar-refractivity contribution is 5.79. The molecule has 3 heteroatoms. The zero-order valence-corrected chi connectivity index (χ0v) is 16.8. The van der Waals surface area contributed by atoms with Crippen LogP contribution in [0.4, 0.5) is 0 Å². The fourth-order valence-corrected chi connectivity index (χ4v) is 7.63. The molecule has 0 aromatic heterocycles. The minimum atomic E-state index is -0.150. The lowest BCUT2D eigenvalue weighted by Gasteiger charge is -2.58. The summed E-state index contributed by atoms with van der Waals surface area (Å²) >= 11 is 0. The van der Waals surface area contributed by atoms with Gasteiger partial charge in [0.15, 0.2) is 0 Å². The third kappa shape index (κ3) is 2.60. The van der Waals surface area contributed by atoms with E-state index in [-0.39, 0.29) is 28.8 Å². The molecule has 0 unspecified atom stereocenters. The van der Waals surface area contributed by atoms with Crippen molar-refractivity contribution in [2.75, 3.05) is 0 Å². The van der Waals surface area contributed by atoms with Crippen LogP contribution in [0.15, 0.2) is 11.6 Å². The molecule has 0 amide bonds. The Morgan fingerprint density at radius 1 is 1.04 bits per heavy atom. The lowest BCUT2D eigenvalue weighted by atomic mass is 9.47. The summed E-state index contributed by atoms with van der Waals surface area (Å²) in [6.45, 7) is 8.21. The monoisotopic (exact) mass is 358 g/mol. The molecule has 0 aromatic rings. The van der Waals surface area contributed by atoms with Crippen LogP contribution in [0.2, 0.25) is 0 Å². The number of rotatable bonds is 2. The van der Waals surface area contributed by atoms with Gasteiger partial charge in [0.1, 0.15) is 11.9 Å². The van der Waals surface area contributed by atoms with Crippen LogP contribution in [-0.2, 0) is 14.3 Å². The molecule has 0 aromatic carbocycles. The van der Waals surface area contributed by atoms with Gasteiger partial charge < -0.3 is 4.74 Å². The molecule has 0 aliphatic heterocycles. The summed E-state index contributed by atoms with van der Waals surface area (Å²) in [5, 5.41) is 0. The molecule has 0 spiro atoms. The normalized spacial score (nSPS) is 47.2. The second-order valence-corrected chi connectivity index (χ2v) is 10.0. The molecule has 0 N–H and O–H groups in total. The van der Waals surface area contributed by atoms with E-state index in [0.717, 1.165) is 43.9 Å². The Bertz CT molecular complexity index is 650. The van der Waals surface area contributed by atoms with Gasteiger partial charge in [0.05, 0.1) is 0 Å². The highest BCUT2D eigenvalue weighted by Gasteiger charge is 2.59. The molecule has 3 nitrogen and oxygen atoms in total. The van der Waals surface area contributed by atoms with Crippen molar-refractivity contribution in [2.24, 2.45) is 34.5 Å². The minimum Gasteiger partial charge on any atom is -0.462 e. The van der Waals surface area contributed by atoms with Crippen molar-refractivity contribution in [3.8, 4) is 0 Å². The zero-order chi connectivity index (χ0) is 18.7. The van der Waals surface area contributed by atoms with Crippen molar-refractivity contribution in [3.05, 3.63) is 11.6 Å². The zero-order valence-electron chi connectivity index (χ0n) is 16.8. The number of ketones is 1. The second-order valence-electron chi connectivity index (χ2n) is 10.0. The molecule has 26 heavy (non-hydrogen) atoms. The van der Waals surface area contributed by atoms with Gasteiger partial charge in [-0.25, -0.2) is 0 Å². The molecule has 4 aliphatic carbocycles. The van der Waals surface area contributed by atoms with Gasteiger partial charge in [-0.1, -0.05) is 25.5 Å². The van der Waals surface area contributed by atoms with Gasteiger partial charge in [-0.3, -0.25) is 9.59 Å². The molecule has 4 aliphatic rings.